The molecule has 0 saturated heterocycles. The van der Waals surface area contributed by atoms with Crippen LogP contribution in [0.5, 0.6) is 0 Å². The van der Waals surface area contributed by atoms with Gasteiger partial charge in [0.25, 0.3) is 0 Å². The largest absolute Gasteiger partial charge is 0.347 e. The lowest BCUT2D eigenvalue weighted by atomic mass is 10.0. The van der Waals surface area contributed by atoms with Crippen molar-refractivity contribution in [2.24, 2.45) is 0 Å². The summed E-state index contributed by atoms with van der Waals surface area (Å²) in [7, 11) is 0. The average Bonchev–Trinajstić information content (AvgIpc) is 2.61. The second kappa shape index (κ2) is 3.33. The minimum absolute atomic E-state index is 0.142. The Hall–Kier alpha value is -1.84. The zero-order chi connectivity index (χ0) is 11.1. The average molecular weight is 215 g/mol. The summed E-state index contributed by atoms with van der Waals surface area (Å²) < 4.78 is 1.70. The minimum Gasteiger partial charge on any atom is -0.247 e. The van der Waals surface area contributed by atoms with Gasteiger partial charge in [-0.1, -0.05) is 25.1 Å². The lowest BCUT2D eigenvalue weighted by Crippen LogP contribution is -2.17. The smallest absolute Gasteiger partial charge is 0.247 e. The van der Waals surface area contributed by atoms with Crippen LogP contribution < -0.4 is 5.69 Å². The van der Waals surface area contributed by atoms with Crippen molar-refractivity contribution >= 4 is 0 Å². The number of hydrogen-bond donors (Lipinski definition) is 1. The summed E-state index contributed by atoms with van der Waals surface area (Å²) in [6, 6.07) is 8.03. The van der Waals surface area contributed by atoms with E-state index in [1.165, 1.54) is 5.56 Å². The normalized spacial score (nSPS) is 18.7. The highest BCUT2D eigenvalue weighted by atomic mass is 16.1. The van der Waals surface area contributed by atoms with Crippen molar-refractivity contribution < 1.29 is 0 Å². The van der Waals surface area contributed by atoms with Crippen molar-refractivity contribution in [3.8, 4) is 5.69 Å². The van der Waals surface area contributed by atoms with Crippen molar-refractivity contribution in [1.82, 2.24) is 14.8 Å². The van der Waals surface area contributed by atoms with E-state index in [0.717, 1.165) is 24.4 Å². The monoisotopic (exact) mass is 215 g/mol. The van der Waals surface area contributed by atoms with Gasteiger partial charge in [0.15, 0.2) is 0 Å². The highest BCUT2D eigenvalue weighted by Gasteiger charge is 2.22. The van der Waals surface area contributed by atoms with Gasteiger partial charge in [-0.25, -0.2) is 14.5 Å². The number of H-pyrrole nitrogens is 1. The van der Waals surface area contributed by atoms with Gasteiger partial charge in [-0.15, -0.1) is 0 Å². The van der Waals surface area contributed by atoms with Crippen LogP contribution in [-0.4, -0.2) is 14.8 Å². The zero-order valence-corrected chi connectivity index (χ0v) is 9.10. The SMILES string of the molecule is CC1CCc2ccccc2-n2c1n[nH]c2=O. The molecule has 4 heteroatoms. The molecule has 4 nitrogen and oxygen atoms in total. The molecule has 3 rings (SSSR count). The number of rotatable bonds is 0. The Morgan fingerprint density at radius 1 is 1.44 bits per heavy atom. The molecule has 0 aliphatic carbocycles. The summed E-state index contributed by atoms with van der Waals surface area (Å²) in [5.41, 5.74) is 2.05. The van der Waals surface area contributed by atoms with Crippen LogP contribution in [-0.2, 0) is 6.42 Å². The first-order chi connectivity index (χ1) is 7.77. The van der Waals surface area contributed by atoms with Crippen molar-refractivity contribution in [2.45, 2.75) is 25.7 Å². The van der Waals surface area contributed by atoms with E-state index in [1.807, 2.05) is 18.2 Å². The van der Waals surface area contributed by atoms with Crippen LogP contribution in [0, 0.1) is 0 Å². The third-order valence-electron chi connectivity index (χ3n) is 3.22. The molecule has 2 aromatic rings. The minimum atomic E-state index is -0.142. The Balaban J connectivity index is 2.35. The number of fused-ring (bicyclic) bond motifs is 3. The van der Waals surface area contributed by atoms with Crippen LogP contribution in [0.15, 0.2) is 29.1 Å². The third-order valence-corrected chi connectivity index (χ3v) is 3.22. The van der Waals surface area contributed by atoms with Crippen molar-refractivity contribution in [2.75, 3.05) is 0 Å². The van der Waals surface area contributed by atoms with Crippen LogP contribution in [0.1, 0.15) is 30.7 Å². The number of nitrogens with one attached hydrogen (secondary N) is 1. The number of benzene rings is 1. The summed E-state index contributed by atoms with van der Waals surface area (Å²) >= 11 is 0. The summed E-state index contributed by atoms with van der Waals surface area (Å²) in [4.78, 5) is 11.8. The Morgan fingerprint density at radius 2 is 2.25 bits per heavy atom. The Bertz CT molecular complexity index is 582. The quantitative estimate of drug-likeness (QED) is 0.725. The Labute approximate surface area is 92.9 Å². The van der Waals surface area contributed by atoms with E-state index in [2.05, 4.69) is 23.2 Å². The predicted octanol–water partition coefficient (Wildman–Crippen LogP) is 1.61. The molecular formula is C12H13N3O. The van der Waals surface area contributed by atoms with E-state index < -0.39 is 0 Å². The maximum Gasteiger partial charge on any atom is 0.347 e. The van der Waals surface area contributed by atoms with E-state index in [4.69, 9.17) is 0 Å². The van der Waals surface area contributed by atoms with Crippen molar-refractivity contribution in [3.63, 3.8) is 0 Å². The van der Waals surface area contributed by atoms with E-state index in [0.29, 0.717) is 5.92 Å². The number of aromatic amines is 1. The fourth-order valence-corrected chi connectivity index (χ4v) is 2.31. The van der Waals surface area contributed by atoms with Gasteiger partial charge in [0.05, 0.1) is 5.69 Å². The first-order valence-electron chi connectivity index (χ1n) is 5.53. The second-order valence-electron chi connectivity index (χ2n) is 4.29. The highest BCUT2D eigenvalue weighted by Crippen LogP contribution is 2.27. The van der Waals surface area contributed by atoms with Crippen LogP contribution in [0.2, 0.25) is 0 Å². The first kappa shape index (κ1) is 9.39. The van der Waals surface area contributed by atoms with Crippen LogP contribution in [0.3, 0.4) is 0 Å². The number of aryl methyl sites for hydroxylation is 1. The van der Waals surface area contributed by atoms with Crippen molar-refractivity contribution in [3.05, 3.63) is 46.1 Å². The number of hydrogen-bond acceptors (Lipinski definition) is 2. The fraction of sp³-hybridized carbons (Fsp3) is 0.333. The number of aromatic nitrogens is 3. The summed E-state index contributed by atoms with van der Waals surface area (Å²) in [5.74, 6) is 1.15. The molecule has 16 heavy (non-hydrogen) atoms. The Morgan fingerprint density at radius 3 is 3.12 bits per heavy atom. The molecule has 1 aromatic carbocycles. The molecule has 1 aliphatic heterocycles. The van der Waals surface area contributed by atoms with Gasteiger partial charge >= 0.3 is 5.69 Å². The van der Waals surface area contributed by atoms with E-state index in [-0.39, 0.29) is 5.69 Å². The van der Waals surface area contributed by atoms with Gasteiger partial charge in [-0.05, 0) is 24.5 Å². The van der Waals surface area contributed by atoms with Gasteiger partial charge in [0, 0.05) is 5.92 Å². The zero-order valence-electron chi connectivity index (χ0n) is 9.10. The molecular weight excluding hydrogens is 202 g/mol. The molecule has 1 unspecified atom stereocenters. The first-order valence-corrected chi connectivity index (χ1v) is 5.53. The molecule has 1 aliphatic rings. The summed E-state index contributed by atoms with van der Waals surface area (Å²) in [6.07, 6.45) is 2.03. The lowest BCUT2D eigenvalue weighted by molar-refractivity contribution is 0.643. The summed E-state index contributed by atoms with van der Waals surface area (Å²) in [6.45, 7) is 2.11. The van der Waals surface area contributed by atoms with E-state index in [9.17, 15) is 4.79 Å². The predicted molar refractivity (Wildman–Crippen MR) is 60.9 cm³/mol. The molecule has 1 aromatic heterocycles. The van der Waals surface area contributed by atoms with Crippen molar-refractivity contribution in [1.29, 1.82) is 0 Å². The number of nitrogens with zero attached hydrogens (tertiary/aromatic N) is 2. The highest BCUT2D eigenvalue weighted by molar-refractivity contribution is 5.43. The molecule has 0 amide bonds. The van der Waals surface area contributed by atoms with Gasteiger partial charge in [-0.2, -0.15) is 5.10 Å². The molecule has 1 N–H and O–H groups in total. The van der Waals surface area contributed by atoms with Gasteiger partial charge in [0.2, 0.25) is 0 Å². The Kier molecular flexibility index (Phi) is 1.96. The van der Waals surface area contributed by atoms with E-state index in [1.54, 1.807) is 4.57 Å². The molecule has 0 radical (unpaired) electrons. The molecule has 0 fully saturated rings. The molecule has 0 saturated carbocycles. The van der Waals surface area contributed by atoms with Crippen LogP contribution in [0.4, 0.5) is 0 Å². The molecule has 82 valence electrons. The van der Waals surface area contributed by atoms with E-state index >= 15 is 0 Å². The molecule has 0 bridgehead atoms. The standard InChI is InChI=1S/C12H13N3O/c1-8-6-7-9-4-2-3-5-10(9)15-11(8)13-14-12(15)16/h2-5,8H,6-7H2,1H3,(H,14,16). The molecule has 1 atom stereocenters. The van der Waals surface area contributed by atoms with Gasteiger partial charge in [0.1, 0.15) is 5.82 Å². The molecule has 2 heterocycles. The van der Waals surface area contributed by atoms with Gasteiger partial charge in [-0.3, -0.25) is 0 Å². The van der Waals surface area contributed by atoms with Gasteiger partial charge < -0.3 is 0 Å². The fourth-order valence-electron chi connectivity index (χ4n) is 2.31. The maximum absolute atomic E-state index is 11.8. The lowest BCUT2D eigenvalue weighted by Gasteiger charge is -2.07. The topological polar surface area (TPSA) is 50.7 Å². The van der Waals surface area contributed by atoms with Crippen LogP contribution in [0.25, 0.3) is 5.69 Å². The molecule has 0 spiro atoms. The maximum atomic E-state index is 11.8. The third kappa shape index (κ3) is 1.23. The number of para-hydroxylation sites is 1. The van der Waals surface area contributed by atoms with Crippen LogP contribution >= 0.6 is 0 Å². The summed E-state index contributed by atoms with van der Waals surface area (Å²) in [5, 5.41) is 6.66. The second-order valence-corrected chi connectivity index (χ2v) is 4.29.